The van der Waals surface area contributed by atoms with Crippen molar-refractivity contribution in [3.05, 3.63) is 27.1 Å². The highest BCUT2D eigenvalue weighted by molar-refractivity contribution is 7.16. The van der Waals surface area contributed by atoms with Gasteiger partial charge in [0.25, 0.3) is 0 Å². The van der Waals surface area contributed by atoms with Crippen LogP contribution in [0, 0.1) is 51.0 Å². The van der Waals surface area contributed by atoms with Crippen molar-refractivity contribution in [2.24, 2.45) is 46.0 Å². The monoisotopic (exact) mass is 467 g/mol. The molecule has 0 aromatic carbocycles. The Bertz CT molecular complexity index is 959. The van der Waals surface area contributed by atoms with E-state index in [1.165, 1.54) is 38.5 Å². The van der Waals surface area contributed by atoms with Crippen LogP contribution in [0.1, 0.15) is 81.9 Å². The fraction of sp³-hybridized carbons (Fsp3) is 0.769. The number of hydrogen-bond acceptors (Lipinski definition) is 5. The molecular weight excluding hydrogens is 434 g/mol. The van der Waals surface area contributed by atoms with Crippen molar-refractivity contribution in [2.45, 2.75) is 82.6 Å². The van der Waals surface area contributed by atoms with Gasteiger partial charge in [-0.15, -0.1) is 0 Å². The lowest BCUT2D eigenvalue weighted by atomic mass is 9.48. The molecular formula is C26H33N3O3S. The number of nitro groups is 1. The van der Waals surface area contributed by atoms with Crippen LogP contribution in [0.2, 0.25) is 0 Å². The number of hydrogen-bond donors (Lipinski definition) is 0. The molecule has 8 fully saturated rings. The molecule has 0 spiro atoms. The molecule has 9 rings (SSSR count). The summed E-state index contributed by atoms with van der Waals surface area (Å²) in [6, 6.07) is 3.31. The van der Waals surface area contributed by atoms with Crippen molar-refractivity contribution in [3.8, 4) is 0 Å². The predicted octanol–water partition coefficient (Wildman–Crippen LogP) is 6.00. The Labute approximate surface area is 199 Å². The van der Waals surface area contributed by atoms with Gasteiger partial charge in [-0.2, -0.15) is 5.10 Å². The number of nitrogens with zero attached hydrogens (tertiary/aromatic N) is 3. The molecule has 176 valence electrons. The average Bonchev–Trinajstić information content (AvgIpc) is 3.21. The summed E-state index contributed by atoms with van der Waals surface area (Å²) in [5.41, 5.74) is -0.342. The smallest absolute Gasteiger partial charge is 0.272 e. The third kappa shape index (κ3) is 3.24. The Balaban J connectivity index is 1.25. The minimum atomic E-state index is -0.348. The summed E-state index contributed by atoms with van der Waals surface area (Å²) >= 11 is 1.14. The van der Waals surface area contributed by atoms with Gasteiger partial charge < -0.3 is 0 Å². The van der Waals surface area contributed by atoms with Gasteiger partial charge in [-0.25, -0.2) is 5.01 Å². The molecule has 0 N–H and O–H groups in total. The summed E-state index contributed by atoms with van der Waals surface area (Å²) in [7, 11) is 0. The summed E-state index contributed by atoms with van der Waals surface area (Å²) in [5.74, 6) is 4.68. The van der Waals surface area contributed by atoms with Gasteiger partial charge in [0.05, 0.1) is 27.0 Å². The van der Waals surface area contributed by atoms with Crippen molar-refractivity contribution < 1.29 is 9.72 Å². The second-order valence-corrected chi connectivity index (χ2v) is 13.7. The molecule has 1 amide bonds. The van der Waals surface area contributed by atoms with E-state index in [1.54, 1.807) is 18.3 Å². The van der Waals surface area contributed by atoms with Gasteiger partial charge in [-0.05, 0) is 119 Å². The van der Waals surface area contributed by atoms with Crippen LogP contribution in [0.4, 0.5) is 5.00 Å². The summed E-state index contributed by atoms with van der Waals surface area (Å²) in [6.07, 6.45) is 16.2. The van der Waals surface area contributed by atoms with Crippen LogP contribution in [0.25, 0.3) is 0 Å². The zero-order valence-electron chi connectivity index (χ0n) is 19.2. The van der Waals surface area contributed by atoms with Crippen molar-refractivity contribution in [2.75, 3.05) is 0 Å². The first kappa shape index (κ1) is 20.6. The van der Waals surface area contributed by atoms with E-state index in [2.05, 4.69) is 0 Å². The fourth-order valence-electron chi connectivity index (χ4n) is 9.94. The number of amides is 1. The number of thiophene rings is 1. The van der Waals surface area contributed by atoms with Crippen LogP contribution in [0.15, 0.2) is 17.2 Å². The first-order valence-electron chi connectivity index (χ1n) is 13.0. The molecule has 6 nitrogen and oxygen atoms in total. The minimum absolute atomic E-state index is 0.130. The highest BCUT2D eigenvalue weighted by atomic mass is 32.1. The fourth-order valence-corrected chi connectivity index (χ4v) is 10.6. The average molecular weight is 468 g/mol. The van der Waals surface area contributed by atoms with Gasteiger partial charge in [-0.1, -0.05) is 11.3 Å². The molecule has 1 aromatic rings. The first-order valence-corrected chi connectivity index (χ1v) is 13.8. The molecule has 1 heterocycles. The number of carbonyl (C=O) groups is 1. The van der Waals surface area contributed by atoms with Gasteiger partial charge in [0.15, 0.2) is 0 Å². The van der Waals surface area contributed by atoms with E-state index in [0.29, 0.717) is 5.91 Å². The standard InChI is InChI=1S/C26H33N3O3S/c30-24(25-9-16-3-17(10-25)5-18(4-16)11-25)28(27-15-22-1-2-23(33-22)29(31)32)26-12-19-6-20(13-26)8-21(7-19)14-26/h1-2,15-21H,3-14H2/b27-15+. The van der Waals surface area contributed by atoms with E-state index in [-0.39, 0.29) is 20.9 Å². The van der Waals surface area contributed by atoms with Crippen molar-refractivity contribution in [1.82, 2.24) is 5.01 Å². The maximum Gasteiger partial charge on any atom is 0.324 e. The SMILES string of the molecule is O=C(N(/N=C/c1ccc([N+](=O)[O-])s1)C12CC3CC(CC(C3)C1)C2)C12CC3CC(CC(C3)C1)C2. The zero-order valence-corrected chi connectivity index (χ0v) is 20.0. The van der Waals surface area contributed by atoms with E-state index in [9.17, 15) is 14.9 Å². The van der Waals surface area contributed by atoms with Crippen LogP contribution >= 0.6 is 11.3 Å². The van der Waals surface area contributed by atoms with Crippen LogP contribution in [0.3, 0.4) is 0 Å². The Morgan fingerprint density at radius 1 is 0.909 bits per heavy atom. The molecule has 0 atom stereocenters. The van der Waals surface area contributed by atoms with Gasteiger partial charge in [-0.3, -0.25) is 14.9 Å². The topological polar surface area (TPSA) is 75.8 Å². The van der Waals surface area contributed by atoms with Crippen LogP contribution in [-0.2, 0) is 4.79 Å². The quantitative estimate of drug-likeness (QED) is 0.303. The normalized spacial score (nSPS) is 44.6. The molecule has 0 saturated heterocycles. The Morgan fingerprint density at radius 2 is 1.39 bits per heavy atom. The largest absolute Gasteiger partial charge is 0.324 e. The first-order chi connectivity index (χ1) is 15.9. The number of hydrazone groups is 1. The molecule has 8 aliphatic rings. The Morgan fingerprint density at radius 3 is 1.85 bits per heavy atom. The Kier molecular flexibility index (Phi) is 4.45. The summed E-state index contributed by atoms with van der Waals surface area (Å²) in [4.78, 5) is 26.1. The minimum Gasteiger partial charge on any atom is -0.272 e. The van der Waals surface area contributed by atoms with E-state index in [1.807, 2.05) is 5.01 Å². The van der Waals surface area contributed by atoms with Gasteiger partial charge in [0.2, 0.25) is 5.91 Å². The molecule has 7 heteroatoms. The molecule has 8 saturated carbocycles. The highest BCUT2D eigenvalue weighted by Gasteiger charge is 2.61. The number of carbonyl (C=O) groups excluding carboxylic acids is 1. The van der Waals surface area contributed by atoms with Gasteiger partial charge in [0, 0.05) is 6.07 Å². The zero-order chi connectivity index (χ0) is 22.4. The van der Waals surface area contributed by atoms with Gasteiger partial charge >= 0.3 is 5.00 Å². The van der Waals surface area contributed by atoms with E-state index in [0.717, 1.165) is 90.2 Å². The van der Waals surface area contributed by atoms with E-state index < -0.39 is 0 Å². The second kappa shape index (κ2) is 7.12. The molecule has 8 aliphatic carbocycles. The lowest BCUT2D eigenvalue weighted by Gasteiger charge is -2.61. The van der Waals surface area contributed by atoms with E-state index in [4.69, 9.17) is 5.10 Å². The lowest BCUT2D eigenvalue weighted by Crippen LogP contribution is -2.64. The van der Waals surface area contributed by atoms with E-state index >= 15 is 0 Å². The summed E-state index contributed by atoms with van der Waals surface area (Å²) in [5, 5.41) is 18.2. The van der Waals surface area contributed by atoms with Gasteiger partial charge in [0.1, 0.15) is 0 Å². The van der Waals surface area contributed by atoms with Crippen molar-refractivity contribution in [3.63, 3.8) is 0 Å². The molecule has 33 heavy (non-hydrogen) atoms. The third-order valence-electron chi connectivity index (χ3n) is 10.2. The van der Waals surface area contributed by atoms with Crippen LogP contribution < -0.4 is 0 Å². The van der Waals surface area contributed by atoms with Crippen LogP contribution in [-0.4, -0.2) is 27.6 Å². The maximum absolute atomic E-state index is 14.6. The summed E-state index contributed by atoms with van der Waals surface area (Å²) < 4.78 is 0. The number of rotatable bonds is 5. The Hall–Kier alpha value is -1.76. The third-order valence-corrected chi connectivity index (χ3v) is 11.2. The highest BCUT2D eigenvalue weighted by Crippen LogP contribution is 2.63. The molecule has 0 unspecified atom stereocenters. The van der Waals surface area contributed by atoms with Crippen LogP contribution in [0.5, 0.6) is 0 Å². The van der Waals surface area contributed by atoms with Crippen molar-refractivity contribution in [1.29, 1.82) is 0 Å². The molecule has 1 aromatic heterocycles. The summed E-state index contributed by atoms with van der Waals surface area (Å²) in [6.45, 7) is 0. The molecule has 8 bridgehead atoms. The molecule has 0 radical (unpaired) electrons. The maximum atomic E-state index is 14.6. The molecule has 0 aliphatic heterocycles. The predicted molar refractivity (Wildman–Crippen MR) is 127 cm³/mol. The second-order valence-electron chi connectivity index (χ2n) is 12.6. The van der Waals surface area contributed by atoms with Crippen molar-refractivity contribution >= 4 is 28.5 Å². The lowest BCUT2D eigenvalue weighted by molar-refractivity contribution is -0.380.